The fraction of sp³-hybridized carbons (Fsp3) is 0.0741. The molecule has 0 aliphatic rings. The molecule has 0 N–H and O–H groups in total. The third-order valence-electron chi connectivity index (χ3n) is 11.7. The lowest BCUT2D eigenvalue weighted by Crippen LogP contribution is -2.10. The third kappa shape index (κ3) is 6.06. The van der Waals surface area contributed by atoms with Crippen molar-refractivity contribution in [3.63, 3.8) is 0 Å². The standard InChI is InChI=1S/C54H40N2O6/c1-57-45-21-19-41(31-51(45)59-3)55(37-11-7-5-8-12-37)39-17-15-33-27-43-49(29-35(33)25-39)61-47-23-24-48-54(53(43)47)44-28-34-16-18-40(26-36(34)30-50(44)62-48)56(38-13-9-6-10-14-38)42-20-22-46(58-2)52(32-42)60-4/h5-32H,1-4H3. The maximum atomic E-state index is 6.65. The predicted molar refractivity (Wildman–Crippen MR) is 252 cm³/mol. The van der Waals surface area contributed by atoms with Gasteiger partial charge >= 0.3 is 0 Å². The number of hydrogen-bond acceptors (Lipinski definition) is 8. The van der Waals surface area contributed by atoms with E-state index in [1.165, 1.54) is 0 Å². The summed E-state index contributed by atoms with van der Waals surface area (Å²) in [4.78, 5) is 4.43. The van der Waals surface area contributed by atoms with Crippen LogP contribution in [0.4, 0.5) is 34.1 Å². The first-order chi connectivity index (χ1) is 30.5. The zero-order valence-corrected chi connectivity index (χ0v) is 34.5. The molecule has 0 saturated carbocycles. The van der Waals surface area contributed by atoms with Crippen LogP contribution in [-0.2, 0) is 0 Å². The van der Waals surface area contributed by atoms with Gasteiger partial charge in [0.25, 0.3) is 0 Å². The monoisotopic (exact) mass is 812 g/mol. The van der Waals surface area contributed by atoms with E-state index in [9.17, 15) is 0 Å². The number of fused-ring (bicyclic) bond motifs is 9. The van der Waals surface area contributed by atoms with Crippen LogP contribution >= 0.6 is 0 Å². The number of hydrogen-bond donors (Lipinski definition) is 0. The lowest BCUT2D eigenvalue weighted by atomic mass is 10.0. The summed E-state index contributed by atoms with van der Waals surface area (Å²) in [6.45, 7) is 0. The van der Waals surface area contributed by atoms with Crippen LogP contribution in [0.5, 0.6) is 23.0 Å². The largest absolute Gasteiger partial charge is 0.493 e. The average Bonchev–Trinajstić information content (AvgIpc) is 3.87. The zero-order chi connectivity index (χ0) is 41.9. The van der Waals surface area contributed by atoms with Crippen molar-refractivity contribution in [3.8, 4) is 23.0 Å². The molecule has 11 aromatic rings. The molecule has 0 aliphatic carbocycles. The van der Waals surface area contributed by atoms with Gasteiger partial charge in [-0.3, -0.25) is 0 Å². The molecular weight excluding hydrogens is 773 g/mol. The minimum Gasteiger partial charge on any atom is -0.493 e. The smallest absolute Gasteiger partial charge is 0.162 e. The molecule has 0 aliphatic heterocycles. The second-order valence-electron chi connectivity index (χ2n) is 15.2. The Morgan fingerprint density at radius 2 is 0.694 bits per heavy atom. The van der Waals surface area contributed by atoms with Crippen molar-refractivity contribution in [2.45, 2.75) is 0 Å². The van der Waals surface area contributed by atoms with E-state index >= 15 is 0 Å². The van der Waals surface area contributed by atoms with Crippen molar-refractivity contribution in [3.05, 3.63) is 170 Å². The number of furan rings is 2. The second kappa shape index (κ2) is 14.9. The number of para-hydroxylation sites is 2. The van der Waals surface area contributed by atoms with Crippen LogP contribution in [0.2, 0.25) is 0 Å². The molecule has 11 rings (SSSR count). The predicted octanol–water partition coefficient (Wildman–Crippen LogP) is 14.8. The van der Waals surface area contributed by atoms with E-state index in [1.807, 2.05) is 84.9 Å². The minimum atomic E-state index is 0.660. The average molecular weight is 813 g/mol. The molecule has 0 unspecified atom stereocenters. The number of anilines is 6. The summed E-state index contributed by atoms with van der Waals surface area (Å²) in [5, 5.41) is 8.48. The fourth-order valence-electron chi connectivity index (χ4n) is 8.85. The van der Waals surface area contributed by atoms with Gasteiger partial charge in [-0.05, 0) is 131 Å². The Bertz CT molecular complexity index is 3250. The van der Waals surface area contributed by atoms with Gasteiger partial charge in [0.2, 0.25) is 0 Å². The first kappa shape index (κ1) is 36.9. The highest BCUT2D eigenvalue weighted by Crippen LogP contribution is 2.46. The molecule has 0 radical (unpaired) electrons. The van der Waals surface area contributed by atoms with Crippen molar-refractivity contribution in [2.24, 2.45) is 0 Å². The van der Waals surface area contributed by atoms with Crippen LogP contribution in [0.1, 0.15) is 0 Å². The normalized spacial score (nSPS) is 11.5. The van der Waals surface area contributed by atoms with Crippen molar-refractivity contribution in [1.29, 1.82) is 0 Å². The van der Waals surface area contributed by atoms with Gasteiger partial charge in [-0.2, -0.15) is 0 Å². The van der Waals surface area contributed by atoms with E-state index in [-0.39, 0.29) is 0 Å². The highest BCUT2D eigenvalue weighted by Gasteiger charge is 2.21. The molecule has 0 saturated heterocycles. The summed E-state index contributed by atoms with van der Waals surface area (Å²) in [5.74, 6) is 2.67. The molecule has 0 bridgehead atoms. The molecule has 0 amide bonds. The number of nitrogens with zero attached hydrogens (tertiary/aromatic N) is 2. The van der Waals surface area contributed by atoms with Crippen LogP contribution in [0.15, 0.2) is 179 Å². The van der Waals surface area contributed by atoms with E-state index in [4.69, 9.17) is 27.8 Å². The summed E-state index contributed by atoms with van der Waals surface area (Å²) in [5.41, 5.74) is 9.18. The molecule has 2 heterocycles. The highest BCUT2D eigenvalue weighted by molar-refractivity contribution is 6.27. The van der Waals surface area contributed by atoms with Gasteiger partial charge in [0.1, 0.15) is 22.3 Å². The van der Waals surface area contributed by atoms with Gasteiger partial charge in [0, 0.05) is 56.4 Å². The Kier molecular flexibility index (Phi) is 8.86. The number of ether oxygens (including phenoxy) is 4. The third-order valence-corrected chi connectivity index (χ3v) is 11.7. The van der Waals surface area contributed by atoms with Gasteiger partial charge < -0.3 is 37.6 Å². The van der Waals surface area contributed by atoms with Gasteiger partial charge in [-0.15, -0.1) is 0 Å². The summed E-state index contributed by atoms with van der Waals surface area (Å²) in [6, 6.07) is 58.5. The quantitative estimate of drug-likeness (QED) is 0.135. The van der Waals surface area contributed by atoms with Gasteiger partial charge in [0.15, 0.2) is 23.0 Å². The van der Waals surface area contributed by atoms with Crippen molar-refractivity contribution in [1.82, 2.24) is 0 Å². The molecule has 0 spiro atoms. The Balaban J connectivity index is 1.03. The molecule has 0 fully saturated rings. The van der Waals surface area contributed by atoms with Gasteiger partial charge in [0.05, 0.1) is 39.8 Å². The number of methoxy groups -OCH3 is 4. The molecule has 0 atom stereocenters. The summed E-state index contributed by atoms with van der Waals surface area (Å²) < 4.78 is 35.8. The van der Waals surface area contributed by atoms with Crippen molar-refractivity contribution < 1.29 is 27.8 Å². The van der Waals surface area contributed by atoms with Crippen LogP contribution in [0.3, 0.4) is 0 Å². The van der Waals surface area contributed by atoms with Crippen LogP contribution < -0.4 is 28.7 Å². The summed E-state index contributed by atoms with van der Waals surface area (Å²) >= 11 is 0. The van der Waals surface area contributed by atoms with E-state index in [0.29, 0.717) is 23.0 Å². The minimum absolute atomic E-state index is 0.660. The molecule has 62 heavy (non-hydrogen) atoms. The molecule has 8 nitrogen and oxygen atoms in total. The maximum Gasteiger partial charge on any atom is 0.162 e. The fourth-order valence-corrected chi connectivity index (χ4v) is 8.85. The lowest BCUT2D eigenvalue weighted by Gasteiger charge is -2.26. The highest BCUT2D eigenvalue weighted by atomic mass is 16.5. The topological polar surface area (TPSA) is 69.7 Å². The van der Waals surface area contributed by atoms with Crippen LogP contribution in [0, 0.1) is 0 Å². The molecular formula is C54H40N2O6. The van der Waals surface area contributed by atoms with Crippen LogP contribution in [-0.4, -0.2) is 28.4 Å². The molecule has 2 aromatic heterocycles. The Morgan fingerprint density at radius 1 is 0.306 bits per heavy atom. The number of benzene rings is 9. The van der Waals surface area contributed by atoms with E-state index in [0.717, 1.165) is 99.5 Å². The Morgan fingerprint density at radius 3 is 1.10 bits per heavy atom. The van der Waals surface area contributed by atoms with Crippen LogP contribution in [0.25, 0.3) is 65.4 Å². The Labute approximate surface area is 357 Å². The molecule has 9 aromatic carbocycles. The van der Waals surface area contributed by atoms with E-state index in [1.54, 1.807) is 28.4 Å². The second-order valence-corrected chi connectivity index (χ2v) is 15.2. The zero-order valence-electron chi connectivity index (χ0n) is 34.5. The lowest BCUT2D eigenvalue weighted by molar-refractivity contribution is 0.355. The van der Waals surface area contributed by atoms with Gasteiger partial charge in [-0.1, -0.05) is 48.5 Å². The van der Waals surface area contributed by atoms with E-state index in [2.05, 4.69) is 94.7 Å². The SMILES string of the molecule is COc1ccc(N(c2ccccc2)c2ccc3cc4c(cc3c2)oc2ccc3oc5cc6cc(N(c7ccccc7)c7ccc(OC)c(OC)c7)ccc6cc5c3c24)cc1OC. The molecule has 8 heteroatoms. The Hall–Kier alpha value is -8.10. The first-order valence-corrected chi connectivity index (χ1v) is 20.4. The summed E-state index contributed by atoms with van der Waals surface area (Å²) in [6.07, 6.45) is 0. The van der Waals surface area contributed by atoms with Gasteiger partial charge in [-0.25, -0.2) is 0 Å². The van der Waals surface area contributed by atoms with Crippen molar-refractivity contribution >= 4 is 99.5 Å². The first-order valence-electron chi connectivity index (χ1n) is 20.4. The van der Waals surface area contributed by atoms with E-state index < -0.39 is 0 Å². The molecule has 302 valence electrons. The number of rotatable bonds is 10. The summed E-state index contributed by atoms with van der Waals surface area (Å²) in [7, 11) is 6.61. The van der Waals surface area contributed by atoms with Crippen molar-refractivity contribution in [2.75, 3.05) is 38.2 Å². The maximum absolute atomic E-state index is 6.65.